The molecule has 7 heteroatoms. The predicted molar refractivity (Wildman–Crippen MR) is 96.3 cm³/mol. The SMILES string of the molecule is Fc1ccc(C2(Cn3[c]ncn3)OCCCC2c2ccccc2Cl)c(F)c1. The molecule has 1 aromatic heterocycles. The van der Waals surface area contributed by atoms with Crippen molar-refractivity contribution in [1.29, 1.82) is 0 Å². The first-order valence-electron chi connectivity index (χ1n) is 8.69. The van der Waals surface area contributed by atoms with E-state index in [4.69, 9.17) is 16.3 Å². The van der Waals surface area contributed by atoms with Gasteiger partial charge in [0.25, 0.3) is 0 Å². The fourth-order valence-electron chi connectivity index (χ4n) is 3.88. The lowest BCUT2D eigenvalue weighted by atomic mass is 9.73. The minimum Gasteiger partial charge on any atom is -0.368 e. The molecule has 2 atom stereocenters. The van der Waals surface area contributed by atoms with Gasteiger partial charge in [-0.3, -0.25) is 0 Å². The van der Waals surface area contributed by atoms with Crippen molar-refractivity contribution in [1.82, 2.24) is 14.8 Å². The summed E-state index contributed by atoms with van der Waals surface area (Å²) < 4.78 is 36.2. The van der Waals surface area contributed by atoms with E-state index < -0.39 is 17.2 Å². The van der Waals surface area contributed by atoms with Crippen LogP contribution in [0.3, 0.4) is 0 Å². The number of halogens is 3. The number of hydrogen-bond donors (Lipinski definition) is 0. The van der Waals surface area contributed by atoms with Gasteiger partial charge in [0.1, 0.15) is 23.6 Å². The Labute approximate surface area is 160 Å². The minimum atomic E-state index is -1.11. The molecule has 2 heterocycles. The molecule has 0 bridgehead atoms. The predicted octanol–water partition coefficient (Wildman–Crippen LogP) is 4.50. The van der Waals surface area contributed by atoms with Crippen molar-refractivity contribution >= 4 is 11.6 Å². The van der Waals surface area contributed by atoms with Gasteiger partial charge in [0.2, 0.25) is 0 Å². The Morgan fingerprint density at radius 1 is 1.26 bits per heavy atom. The highest BCUT2D eigenvalue weighted by atomic mass is 35.5. The molecular weight excluding hydrogens is 372 g/mol. The van der Waals surface area contributed by atoms with Crippen molar-refractivity contribution in [3.8, 4) is 0 Å². The van der Waals surface area contributed by atoms with E-state index in [1.807, 2.05) is 18.2 Å². The Kier molecular flexibility index (Phi) is 4.93. The van der Waals surface area contributed by atoms with Crippen LogP contribution in [-0.2, 0) is 16.9 Å². The monoisotopic (exact) mass is 388 g/mol. The van der Waals surface area contributed by atoms with E-state index in [0.29, 0.717) is 11.6 Å². The fourth-order valence-corrected chi connectivity index (χ4v) is 4.15. The zero-order valence-electron chi connectivity index (χ0n) is 14.4. The molecule has 4 rings (SSSR count). The smallest absolute Gasteiger partial charge is 0.196 e. The highest BCUT2D eigenvalue weighted by Gasteiger charge is 2.47. The van der Waals surface area contributed by atoms with E-state index >= 15 is 0 Å². The Morgan fingerprint density at radius 3 is 2.85 bits per heavy atom. The Balaban J connectivity index is 1.90. The van der Waals surface area contributed by atoms with Crippen molar-refractivity contribution in [2.45, 2.75) is 30.9 Å². The van der Waals surface area contributed by atoms with Crippen LogP contribution in [0.15, 0.2) is 48.8 Å². The van der Waals surface area contributed by atoms with Gasteiger partial charge < -0.3 is 4.74 Å². The molecule has 0 amide bonds. The van der Waals surface area contributed by atoms with Crippen LogP contribution < -0.4 is 0 Å². The third-order valence-electron chi connectivity index (χ3n) is 5.03. The van der Waals surface area contributed by atoms with Gasteiger partial charge in [-0.05, 0) is 30.5 Å². The molecule has 0 N–H and O–H groups in total. The van der Waals surface area contributed by atoms with Crippen molar-refractivity contribution in [3.05, 3.63) is 82.9 Å². The number of hydrogen-bond acceptors (Lipinski definition) is 3. The molecule has 2 aromatic carbocycles. The van der Waals surface area contributed by atoms with Gasteiger partial charge in [-0.25, -0.2) is 18.4 Å². The molecule has 2 unspecified atom stereocenters. The summed E-state index contributed by atoms with van der Waals surface area (Å²) in [6, 6.07) is 11.0. The van der Waals surface area contributed by atoms with Gasteiger partial charge in [-0.15, -0.1) is 0 Å². The maximum atomic E-state index is 14.9. The van der Waals surface area contributed by atoms with Crippen molar-refractivity contribution in [2.24, 2.45) is 0 Å². The summed E-state index contributed by atoms with van der Waals surface area (Å²) in [5.74, 6) is -1.53. The van der Waals surface area contributed by atoms with E-state index in [0.717, 1.165) is 24.5 Å². The first-order valence-corrected chi connectivity index (χ1v) is 9.07. The fraction of sp³-hybridized carbons (Fsp3) is 0.300. The molecule has 0 saturated carbocycles. The average molecular weight is 389 g/mol. The van der Waals surface area contributed by atoms with E-state index in [1.165, 1.54) is 23.1 Å². The second-order valence-electron chi connectivity index (χ2n) is 6.60. The van der Waals surface area contributed by atoms with Gasteiger partial charge in [0.05, 0.1) is 6.54 Å². The second-order valence-corrected chi connectivity index (χ2v) is 7.00. The summed E-state index contributed by atoms with van der Waals surface area (Å²) in [6.45, 7) is 0.637. The summed E-state index contributed by atoms with van der Waals surface area (Å²) in [5, 5.41) is 4.70. The summed E-state index contributed by atoms with van der Waals surface area (Å²) >= 11 is 6.47. The maximum absolute atomic E-state index is 14.9. The van der Waals surface area contributed by atoms with Crippen molar-refractivity contribution in [2.75, 3.05) is 6.61 Å². The van der Waals surface area contributed by atoms with Crippen molar-refractivity contribution < 1.29 is 13.5 Å². The van der Waals surface area contributed by atoms with Gasteiger partial charge >= 0.3 is 0 Å². The van der Waals surface area contributed by atoms with Gasteiger partial charge in [-0.2, -0.15) is 5.10 Å². The van der Waals surface area contributed by atoms with Gasteiger partial charge in [0.15, 0.2) is 6.33 Å². The molecule has 1 aliphatic rings. The number of ether oxygens (including phenoxy) is 1. The Morgan fingerprint density at radius 2 is 2.11 bits per heavy atom. The van der Waals surface area contributed by atoms with Gasteiger partial charge in [-0.1, -0.05) is 35.9 Å². The zero-order chi connectivity index (χ0) is 18.9. The standard InChI is InChI=1S/C20H17ClF2N3O/c21-18-6-2-1-4-15(18)16-5-3-9-27-20(16,11-26-13-24-12-25-26)17-8-7-14(22)10-19(17)23/h1-2,4,6-8,10,12,16H,3,5,9,11H2. The van der Waals surface area contributed by atoms with Crippen LogP contribution in [0.1, 0.15) is 29.9 Å². The lowest BCUT2D eigenvalue weighted by Gasteiger charge is -2.44. The molecule has 1 saturated heterocycles. The normalized spacial score (nSPS) is 22.7. The summed E-state index contributed by atoms with van der Waals surface area (Å²) in [4.78, 5) is 3.86. The van der Waals surface area contributed by atoms with Crippen LogP contribution in [0.5, 0.6) is 0 Å². The molecule has 4 nitrogen and oxygen atoms in total. The topological polar surface area (TPSA) is 39.9 Å². The molecule has 1 aliphatic heterocycles. The van der Waals surface area contributed by atoms with E-state index in [1.54, 1.807) is 6.07 Å². The van der Waals surface area contributed by atoms with Gasteiger partial charge in [0, 0.05) is 29.2 Å². The minimum absolute atomic E-state index is 0.186. The highest BCUT2D eigenvalue weighted by Crippen LogP contribution is 2.49. The van der Waals surface area contributed by atoms with E-state index in [-0.39, 0.29) is 18.0 Å². The van der Waals surface area contributed by atoms with Crippen molar-refractivity contribution in [3.63, 3.8) is 0 Å². The first-order chi connectivity index (χ1) is 13.1. The molecule has 139 valence electrons. The number of aromatic nitrogens is 3. The highest BCUT2D eigenvalue weighted by molar-refractivity contribution is 6.31. The van der Waals surface area contributed by atoms with E-state index in [2.05, 4.69) is 16.4 Å². The second kappa shape index (κ2) is 7.37. The molecule has 0 spiro atoms. The van der Waals surface area contributed by atoms with E-state index in [9.17, 15) is 8.78 Å². The summed E-state index contributed by atoms with van der Waals surface area (Å²) in [5.41, 5.74) is 0.0331. The molecule has 0 aliphatic carbocycles. The quantitative estimate of drug-likeness (QED) is 0.660. The zero-order valence-corrected chi connectivity index (χ0v) is 15.2. The summed E-state index contributed by atoms with van der Waals surface area (Å²) in [6.07, 6.45) is 5.66. The van der Waals surface area contributed by atoms with Crippen LogP contribution in [0.25, 0.3) is 0 Å². The number of nitrogens with zero attached hydrogens (tertiary/aromatic N) is 3. The molecule has 1 fully saturated rings. The van der Waals surface area contributed by atoms with Crippen LogP contribution in [-0.4, -0.2) is 21.4 Å². The molecular formula is C20H17ClF2N3O. The Hall–Kier alpha value is -2.31. The average Bonchev–Trinajstić information content (AvgIpc) is 3.15. The largest absolute Gasteiger partial charge is 0.368 e. The van der Waals surface area contributed by atoms with Crippen LogP contribution in [0.4, 0.5) is 8.78 Å². The third kappa shape index (κ3) is 3.35. The Bertz CT molecular complexity index is 935. The third-order valence-corrected chi connectivity index (χ3v) is 5.38. The first kappa shape index (κ1) is 18.1. The van der Waals surface area contributed by atoms with Crippen LogP contribution in [0, 0.1) is 18.0 Å². The molecule has 3 aromatic rings. The van der Waals surface area contributed by atoms with Crippen LogP contribution >= 0.6 is 11.6 Å². The number of benzene rings is 2. The molecule has 27 heavy (non-hydrogen) atoms. The summed E-state index contributed by atoms with van der Waals surface area (Å²) in [7, 11) is 0. The maximum Gasteiger partial charge on any atom is 0.196 e. The van der Waals surface area contributed by atoms with Crippen LogP contribution in [0.2, 0.25) is 5.02 Å². The molecule has 1 radical (unpaired) electrons. The lowest BCUT2D eigenvalue weighted by Crippen LogP contribution is -2.45. The number of rotatable bonds is 4. The lowest BCUT2D eigenvalue weighted by molar-refractivity contribution is -0.115.